The maximum atomic E-state index is 12.8. The number of hydrogen-bond donors (Lipinski definition) is 3. The van der Waals surface area contributed by atoms with Gasteiger partial charge in [-0.1, -0.05) is 11.8 Å². The third-order valence-corrected chi connectivity index (χ3v) is 10.4. The van der Waals surface area contributed by atoms with E-state index in [-0.39, 0.29) is 6.04 Å². The van der Waals surface area contributed by atoms with Crippen LogP contribution in [0.1, 0.15) is 49.8 Å². The molecule has 2 fully saturated rings. The van der Waals surface area contributed by atoms with Crippen molar-refractivity contribution in [2.75, 3.05) is 20.6 Å². The van der Waals surface area contributed by atoms with E-state index < -0.39 is 33.9 Å². The Morgan fingerprint density at radius 2 is 1.91 bits per heavy atom. The van der Waals surface area contributed by atoms with Gasteiger partial charge in [-0.25, -0.2) is 27.2 Å². The van der Waals surface area contributed by atoms with E-state index >= 15 is 0 Å². The predicted octanol–water partition coefficient (Wildman–Crippen LogP) is 2.39. The molecule has 2 saturated carbocycles. The number of rotatable bonds is 10. The molecule has 2 aliphatic carbocycles. The van der Waals surface area contributed by atoms with Crippen LogP contribution in [0.5, 0.6) is 0 Å². The summed E-state index contributed by atoms with van der Waals surface area (Å²) in [5.41, 5.74) is 8.49. The van der Waals surface area contributed by atoms with Crippen LogP contribution in [0.25, 0.3) is 11.4 Å². The molecule has 0 aromatic carbocycles. The van der Waals surface area contributed by atoms with Crippen molar-refractivity contribution in [1.82, 2.24) is 44.5 Å². The lowest BCUT2D eigenvalue weighted by molar-refractivity contribution is 0.122. The Kier molecular flexibility index (Phi) is 8.95. The van der Waals surface area contributed by atoms with Crippen LogP contribution in [0.15, 0.2) is 60.6 Å². The molecule has 3 aliphatic rings. The van der Waals surface area contributed by atoms with Crippen molar-refractivity contribution in [3.8, 4) is 23.2 Å². The third-order valence-electron chi connectivity index (χ3n) is 8.35. The van der Waals surface area contributed by atoms with Crippen LogP contribution in [-0.2, 0) is 22.2 Å². The van der Waals surface area contributed by atoms with Gasteiger partial charge in [-0.05, 0) is 70.7 Å². The van der Waals surface area contributed by atoms with Crippen LogP contribution >= 0.6 is 0 Å². The molecule has 0 bridgehead atoms. The Labute approximate surface area is 267 Å². The van der Waals surface area contributed by atoms with Crippen molar-refractivity contribution in [2.24, 2.45) is 11.7 Å². The molecular weight excluding hydrogens is 614 g/mol. The molecule has 15 heteroatoms. The summed E-state index contributed by atoms with van der Waals surface area (Å²) < 4.78 is 53.1. The van der Waals surface area contributed by atoms with Crippen molar-refractivity contribution >= 4 is 10.0 Å². The van der Waals surface area contributed by atoms with Crippen molar-refractivity contribution in [3.63, 3.8) is 0 Å². The summed E-state index contributed by atoms with van der Waals surface area (Å²) in [6.07, 6.45) is 13.9. The molecule has 0 radical (unpaired) electrons. The summed E-state index contributed by atoms with van der Waals surface area (Å²) >= 11 is 0. The number of nitrogens with zero attached hydrogens (tertiary/aromatic N) is 7. The maximum absolute atomic E-state index is 12.8. The van der Waals surface area contributed by atoms with Gasteiger partial charge in [-0.3, -0.25) is 4.68 Å². The van der Waals surface area contributed by atoms with Gasteiger partial charge in [-0.15, -0.1) is 0 Å². The second kappa shape index (κ2) is 12.9. The number of halogens is 2. The largest absolute Gasteiger partial charge is 0.381 e. The number of dihydropyridines is 1. The molecular formula is C31H38F2N10O2S. The van der Waals surface area contributed by atoms with E-state index in [4.69, 9.17) is 10.7 Å². The number of allylic oxidation sites excluding steroid dienone is 1. The number of nitrogens with two attached hydrogens (primary N) is 1. The van der Waals surface area contributed by atoms with E-state index in [1.54, 1.807) is 18.5 Å². The van der Waals surface area contributed by atoms with E-state index in [2.05, 4.69) is 56.7 Å². The van der Waals surface area contributed by atoms with Crippen LogP contribution in [-0.4, -0.2) is 80.6 Å². The maximum Gasteiger partial charge on any atom is 0.257 e. The molecule has 1 atom stereocenters. The van der Waals surface area contributed by atoms with Gasteiger partial charge in [0.2, 0.25) is 0 Å². The SMILES string of the molecule is CN(C)CC1CCC(NC2=CC(N)(c3ccnc(-c4cnn(S(=O)(=O)C5CC5)c4)n3)NC=C2C#Cc2cnn(CC(F)F)c2)CC1. The first-order chi connectivity index (χ1) is 22.0. The summed E-state index contributed by atoms with van der Waals surface area (Å²) in [7, 11) is 0.663. The molecule has 1 aliphatic heterocycles. The third kappa shape index (κ3) is 7.30. The average molecular weight is 653 g/mol. The molecule has 1 unspecified atom stereocenters. The van der Waals surface area contributed by atoms with Crippen LogP contribution in [0.4, 0.5) is 8.78 Å². The van der Waals surface area contributed by atoms with Gasteiger partial charge in [0.15, 0.2) is 11.5 Å². The first-order valence-electron chi connectivity index (χ1n) is 15.4. The summed E-state index contributed by atoms with van der Waals surface area (Å²) in [5, 5.41) is 14.5. The van der Waals surface area contributed by atoms with Gasteiger partial charge in [0.05, 0.1) is 51.9 Å². The highest BCUT2D eigenvalue weighted by molar-refractivity contribution is 7.90. The minimum atomic E-state index is -3.53. The van der Waals surface area contributed by atoms with Crippen molar-refractivity contribution in [1.29, 1.82) is 0 Å². The van der Waals surface area contributed by atoms with E-state index in [1.807, 2.05) is 6.08 Å². The topological polar surface area (TPSA) is 149 Å². The van der Waals surface area contributed by atoms with Gasteiger partial charge in [0, 0.05) is 31.2 Å². The van der Waals surface area contributed by atoms with Gasteiger partial charge in [-0.2, -0.15) is 14.3 Å². The zero-order valence-corrected chi connectivity index (χ0v) is 26.6. The second-order valence-electron chi connectivity index (χ2n) is 12.5. The van der Waals surface area contributed by atoms with Gasteiger partial charge in [0.25, 0.3) is 16.4 Å². The smallest absolute Gasteiger partial charge is 0.257 e. The number of nitrogens with one attached hydrogen (secondary N) is 2. The highest BCUT2D eigenvalue weighted by atomic mass is 32.2. The van der Waals surface area contributed by atoms with Crippen molar-refractivity contribution in [3.05, 3.63) is 71.9 Å². The second-order valence-corrected chi connectivity index (χ2v) is 14.5. The zero-order chi connectivity index (χ0) is 32.5. The van der Waals surface area contributed by atoms with Crippen LogP contribution in [0.3, 0.4) is 0 Å². The fraction of sp³-hybridized carbons (Fsp3) is 0.484. The fourth-order valence-corrected chi connectivity index (χ4v) is 7.30. The van der Waals surface area contributed by atoms with E-state index in [0.717, 1.165) is 42.0 Å². The van der Waals surface area contributed by atoms with Crippen LogP contribution < -0.4 is 16.4 Å². The Morgan fingerprint density at radius 1 is 1.13 bits per heavy atom. The lowest BCUT2D eigenvalue weighted by atomic mass is 9.85. The molecule has 6 rings (SSSR count). The van der Waals surface area contributed by atoms with E-state index in [9.17, 15) is 17.2 Å². The molecule has 244 valence electrons. The molecule has 0 saturated heterocycles. The standard InChI is InChI=1S/C31H38F2N10O2S/c1-41(2)17-21-4-7-25(8-5-21)39-27-13-31(34,36-15-23(27)6-3-22-14-37-42(18-22)20-29(32)33)28-11-12-35-30(40-28)24-16-38-43(19-24)46(44,45)26-9-10-26/h11-16,18-19,21,25-26,29,36,39H,4-5,7-10,17,20,34H2,1-2H3. The monoisotopic (exact) mass is 652 g/mol. The first-order valence-corrected chi connectivity index (χ1v) is 16.9. The van der Waals surface area contributed by atoms with Gasteiger partial charge in [0.1, 0.15) is 6.54 Å². The Morgan fingerprint density at radius 3 is 2.63 bits per heavy atom. The average Bonchev–Trinajstić information content (AvgIpc) is 3.60. The van der Waals surface area contributed by atoms with Gasteiger partial charge < -0.3 is 21.3 Å². The highest BCUT2D eigenvalue weighted by Crippen LogP contribution is 2.31. The summed E-state index contributed by atoms with van der Waals surface area (Å²) in [6, 6.07) is 1.91. The molecule has 4 N–H and O–H groups in total. The normalized spacial score (nSPS) is 23.4. The molecule has 4 heterocycles. The zero-order valence-electron chi connectivity index (χ0n) is 25.8. The van der Waals surface area contributed by atoms with Crippen LogP contribution in [0, 0.1) is 17.8 Å². The number of aromatic nitrogens is 6. The Hall–Kier alpha value is -4.13. The number of alkyl halides is 2. The number of hydrogen-bond acceptors (Lipinski definition) is 10. The molecule has 46 heavy (non-hydrogen) atoms. The quantitative estimate of drug-likeness (QED) is 0.279. The fourth-order valence-electron chi connectivity index (χ4n) is 5.83. The van der Waals surface area contributed by atoms with E-state index in [1.165, 1.54) is 29.5 Å². The summed E-state index contributed by atoms with van der Waals surface area (Å²) in [6.45, 7) is 0.561. The van der Waals surface area contributed by atoms with Crippen molar-refractivity contribution < 1.29 is 17.2 Å². The minimum Gasteiger partial charge on any atom is -0.381 e. The summed E-state index contributed by atoms with van der Waals surface area (Å²) in [5.74, 6) is 7.12. The first kappa shape index (κ1) is 31.8. The highest BCUT2D eigenvalue weighted by Gasteiger charge is 2.38. The summed E-state index contributed by atoms with van der Waals surface area (Å²) in [4.78, 5) is 11.3. The Balaban J connectivity index is 1.26. The predicted molar refractivity (Wildman–Crippen MR) is 168 cm³/mol. The molecule has 12 nitrogen and oxygen atoms in total. The minimum absolute atomic E-state index is 0.214. The van der Waals surface area contributed by atoms with Crippen LogP contribution in [0.2, 0.25) is 0 Å². The molecule has 3 aromatic heterocycles. The molecule has 3 aromatic rings. The van der Waals surface area contributed by atoms with Gasteiger partial charge >= 0.3 is 0 Å². The molecule has 0 spiro atoms. The Bertz CT molecular complexity index is 1790. The van der Waals surface area contributed by atoms with E-state index in [0.29, 0.717) is 47.0 Å². The lowest BCUT2D eigenvalue weighted by Crippen LogP contribution is -2.50. The lowest BCUT2D eigenvalue weighted by Gasteiger charge is -2.35. The molecule has 0 amide bonds. The van der Waals surface area contributed by atoms with Crippen molar-refractivity contribution in [2.45, 2.75) is 68.4 Å².